The number of amides is 1. The van der Waals surface area contributed by atoms with Crippen molar-refractivity contribution in [1.29, 1.82) is 0 Å². The second-order valence-electron chi connectivity index (χ2n) is 4.87. The molecule has 1 amide bonds. The van der Waals surface area contributed by atoms with Gasteiger partial charge >= 0.3 is 5.97 Å². The molecule has 0 aromatic carbocycles. The fraction of sp³-hybridized carbons (Fsp3) is 0.818. The van der Waals surface area contributed by atoms with Crippen molar-refractivity contribution in [2.24, 2.45) is 17.3 Å². The van der Waals surface area contributed by atoms with E-state index < -0.39 is 17.3 Å². The SMILES string of the molecule is CSCCN(C)C(=O)[C@H]1[C@@H](C(=O)O)C1(C)C. The van der Waals surface area contributed by atoms with Crippen LogP contribution in [0.15, 0.2) is 0 Å². The quantitative estimate of drug-likeness (QED) is 0.790. The average molecular weight is 245 g/mol. The van der Waals surface area contributed by atoms with Gasteiger partial charge in [-0.3, -0.25) is 9.59 Å². The highest BCUT2D eigenvalue weighted by Gasteiger charge is 2.66. The Morgan fingerprint density at radius 3 is 2.31 bits per heavy atom. The highest BCUT2D eigenvalue weighted by molar-refractivity contribution is 7.98. The summed E-state index contributed by atoms with van der Waals surface area (Å²) in [5, 5.41) is 8.99. The smallest absolute Gasteiger partial charge is 0.307 e. The number of rotatable bonds is 5. The van der Waals surface area contributed by atoms with Crippen LogP contribution in [0.3, 0.4) is 0 Å². The van der Waals surface area contributed by atoms with Crippen LogP contribution in [0.25, 0.3) is 0 Å². The summed E-state index contributed by atoms with van der Waals surface area (Å²) in [4.78, 5) is 24.6. The fourth-order valence-corrected chi connectivity index (χ4v) is 2.59. The van der Waals surface area contributed by atoms with Gasteiger partial charge in [0.15, 0.2) is 0 Å². The van der Waals surface area contributed by atoms with Gasteiger partial charge in [-0.25, -0.2) is 0 Å². The van der Waals surface area contributed by atoms with Crippen molar-refractivity contribution in [1.82, 2.24) is 4.90 Å². The largest absolute Gasteiger partial charge is 0.481 e. The molecule has 0 radical (unpaired) electrons. The molecule has 4 nitrogen and oxygen atoms in total. The Morgan fingerprint density at radius 2 is 1.94 bits per heavy atom. The lowest BCUT2D eigenvalue weighted by atomic mass is 10.1. The number of thioether (sulfide) groups is 1. The lowest BCUT2D eigenvalue weighted by Crippen LogP contribution is -2.31. The van der Waals surface area contributed by atoms with Gasteiger partial charge in [-0.1, -0.05) is 13.8 Å². The van der Waals surface area contributed by atoms with Crippen molar-refractivity contribution in [3.05, 3.63) is 0 Å². The molecule has 0 unspecified atom stereocenters. The zero-order chi connectivity index (χ0) is 12.5. The van der Waals surface area contributed by atoms with Crippen LogP contribution in [0, 0.1) is 17.3 Å². The molecular weight excluding hydrogens is 226 g/mol. The van der Waals surface area contributed by atoms with E-state index in [1.807, 2.05) is 20.1 Å². The Bertz CT molecular complexity index is 304. The Labute approximate surface area is 100 Å². The lowest BCUT2D eigenvalue weighted by Gasteiger charge is -2.17. The van der Waals surface area contributed by atoms with Crippen LogP contribution in [0.2, 0.25) is 0 Å². The van der Waals surface area contributed by atoms with Gasteiger partial charge in [0, 0.05) is 19.3 Å². The molecule has 1 aliphatic carbocycles. The molecule has 0 heterocycles. The van der Waals surface area contributed by atoms with Gasteiger partial charge in [0.25, 0.3) is 0 Å². The van der Waals surface area contributed by atoms with Gasteiger partial charge in [0.2, 0.25) is 5.91 Å². The van der Waals surface area contributed by atoms with E-state index >= 15 is 0 Å². The molecule has 1 aliphatic rings. The molecule has 1 saturated carbocycles. The van der Waals surface area contributed by atoms with Crippen LogP contribution in [-0.2, 0) is 9.59 Å². The standard InChI is InChI=1S/C11H19NO3S/c1-11(2)7(8(11)10(14)15)9(13)12(3)5-6-16-4/h7-8H,5-6H2,1-4H3,(H,14,15)/t7-,8+/m1/s1. The van der Waals surface area contributed by atoms with E-state index in [1.54, 1.807) is 23.7 Å². The third-order valence-electron chi connectivity index (χ3n) is 3.37. The summed E-state index contributed by atoms with van der Waals surface area (Å²) in [6, 6.07) is 0. The summed E-state index contributed by atoms with van der Waals surface area (Å²) in [5.74, 6) is -0.880. The average Bonchev–Trinajstić information content (AvgIpc) is 2.76. The first-order valence-electron chi connectivity index (χ1n) is 5.30. The van der Waals surface area contributed by atoms with Gasteiger partial charge in [0.05, 0.1) is 11.8 Å². The molecule has 0 aliphatic heterocycles. The van der Waals surface area contributed by atoms with E-state index in [1.165, 1.54) is 0 Å². The van der Waals surface area contributed by atoms with E-state index in [-0.39, 0.29) is 11.8 Å². The van der Waals surface area contributed by atoms with Gasteiger partial charge in [0.1, 0.15) is 0 Å². The topological polar surface area (TPSA) is 57.6 Å². The van der Waals surface area contributed by atoms with Gasteiger partial charge in [-0.15, -0.1) is 0 Å². The maximum absolute atomic E-state index is 12.0. The highest BCUT2D eigenvalue weighted by atomic mass is 32.2. The van der Waals surface area contributed by atoms with Crippen molar-refractivity contribution < 1.29 is 14.7 Å². The molecule has 0 bridgehead atoms. The van der Waals surface area contributed by atoms with Crippen molar-refractivity contribution in [3.8, 4) is 0 Å². The molecule has 5 heteroatoms. The van der Waals surface area contributed by atoms with Crippen LogP contribution in [0.1, 0.15) is 13.8 Å². The zero-order valence-corrected chi connectivity index (χ0v) is 11.0. The van der Waals surface area contributed by atoms with Gasteiger partial charge in [-0.05, 0) is 11.7 Å². The number of carbonyl (C=O) groups is 2. The maximum Gasteiger partial charge on any atom is 0.307 e. The molecule has 16 heavy (non-hydrogen) atoms. The molecule has 1 N–H and O–H groups in total. The maximum atomic E-state index is 12.0. The van der Waals surface area contributed by atoms with Crippen molar-refractivity contribution in [2.45, 2.75) is 13.8 Å². The third-order valence-corrected chi connectivity index (χ3v) is 3.96. The monoisotopic (exact) mass is 245 g/mol. The Hall–Kier alpha value is -0.710. The molecule has 0 aromatic rings. The molecule has 1 fully saturated rings. The molecule has 0 saturated heterocycles. The number of nitrogens with zero attached hydrogens (tertiary/aromatic N) is 1. The molecule has 2 atom stereocenters. The summed E-state index contributed by atoms with van der Waals surface area (Å²) < 4.78 is 0. The normalized spacial score (nSPS) is 26.2. The fourth-order valence-electron chi connectivity index (χ4n) is 2.14. The minimum absolute atomic E-state index is 0.0357. The predicted molar refractivity (Wildman–Crippen MR) is 64.4 cm³/mol. The zero-order valence-electron chi connectivity index (χ0n) is 10.2. The first-order chi connectivity index (χ1) is 7.34. The molecule has 1 rings (SSSR count). The van der Waals surface area contributed by atoms with Gasteiger partial charge in [-0.2, -0.15) is 11.8 Å². The van der Waals surface area contributed by atoms with E-state index in [2.05, 4.69) is 0 Å². The molecular formula is C11H19NO3S. The minimum atomic E-state index is -0.860. The number of hydrogen-bond donors (Lipinski definition) is 1. The Morgan fingerprint density at radius 1 is 1.38 bits per heavy atom. The van der Waals surface area contributed by atoms with Crippen LogP contribution in [0.5, 0.6) is 0 Å². The number of hydrogen-bond acceptors (Lipinski definition) is 3. The minimum Gasteiger partial charge on any atom is -0.481 e. The highest BCUT2D eigenvalue weighted by Crippen LogP contribution is 2.58. The van der Waals surface area contributed by atoms with Crippen LogP contribution >= 0.6 is 11.8 Å². The van der Waals surface area contributed by atoms with Crippen molar-refractivity contribution >= 4 is 23.6 Å². The number of carbonyl (C=O) groups excluding carboxylic acids is 1. The summed E-state index contributed by atoms with van der Waals surface area (Å²) in [7, 11) is 1.74. The van der Waals surface area contributed by atoms with E-state index in [9.17, 15) is 9.59 Å². The number of carboxylic acids is 1. The molecule has 0 spiro atoms. The van der Waals surface area contributed by atoms with Crippen LogP contribution in [-0.4, -0.2) is 47.5 Å². The number of carboxylic acid groups (broad SMARTS) is 1. The van der Waals surface area contributed by atoms with Crippen molar-refractivity contribution in [3.63, 3.8) is 0 Å². The van der Waals surface area contributed by atoms with Crippen LogP contribution in [0.4, 0.5) is 0 Å². The van der Waals surface area contributed by atoms with Crippen LogP contribution < -0.4 is 0 Å². The van der Waals surface area contributed by atoms with Crippen molar-refractivity contribution in [2.75, 3.05) is 25.6 Å². The molecule has 0 aromatic heterocycles. The molecule has 92 valence electrons. The van der Waals surface area contributed by atoms with E-state index in [0.717, 1.165) is 5.75 Å². The third kappa shape index (κ3) is 2.34. The first-order valence-corrected chi connectivity index (χ1v) is 6.70. The second-order valence-corrected chi connectivity index (χ2v) is 5.85. The second kappa shape index (κ2) is 4.65. The summed E-state index contributed by atoms with van der Waals surface area (Å²) in [5.41, 5.74) is -0.392. The summed E-state index contributed by atoms with van der Waals surface area (Å²) in [6.45, 7) is 4.37. The van der Waals surface area contributed by atoms with Gasteiger partial charge < -0.3 is 10.0 Å². The first kappa shape index (κ1) is 13.4. The summed E-state index contributed by atoms with van der Waals surface area (Å²) in [6.07, 6.45) is 1.99. The van der Waals surface area contributed by atoms with E-state index in [0.29, 0.717) is 6.54 Å². The Kier molecular flexibility index (Phi) is 3.88. The lowest BCUT2D eigenvalue weighted by molar-refractivity contribution is -0.141. The Balaban J connectivity index is 2.60. The summed E-state index contributed by atoms with van der Waals surface area (Å²) >= 11 is 1.68. The predicted octanol–water partition coefficient (Wildman–Crippen LogP) is 1.16. The number of aliphatic carboxylic acids is 1. The van der Waals surface area contributed by atoms with E-state index in [4.69, 9.17) is 5.11 Å².